The van der Waals surface area contributed by atoms with Crippen LogP contribution in [0.15, 0.2) is 18.2 Å². The number of fused-ring (bicyclic) bond motifs is 1. The van der Waals surface area contributed by atoms with E-state index in [9.17, 15) is 9.59 Å². The normalized spacial score (nSPS) is 23.2. The number of carbonyl (C=O) groups is 2. The van der Waals surface area contributed by atoms with Crippen molar-refractivity contribution in [1.82, 2.24) is 0 Å². The molecule has 3 rings (SSSR count). The Hall–Kier alpha value is -2.39. The molecule has 2 heterocycles. The number of nitrogens with zero attached hydrogens (tertiary/aromatic N) is 2. The Balaban J connectivity index is 1.78. The quantitative estimate of drug-likeness (QED) is 0.924. The number of hydrogen-bond acceptors (Lipinski definition) is 4. The molecule has 1 saturated heterocycles. The topological polar surface area (TPSA) is 82.4 Å². The van der Waals surface area contributed by atoms with Crippen LogP contribution in [0.1, 0.15) is 38.2 Å². The summed E-state index contributed by atoms with van der Waals surface area (Å²) < 4.78 is 5.66. The highest BCUT2D eigenvalue weighted by Gasteiger charge is 2.30. The monoisotopic (exact) mass is 327 g/mol. The highest BCUT2D eigenvalue weighted by atomic mass is 16.5. The Bertz CT molecular complexity index is 695. The van der Waals surface area contributed by atoms with Gasteiger partial charge in [0.1, 0.15) is 6.54 Å². The zero-order valence-corrected chi connectivity index (χ0v) is 13.7. The summed E-state index contributed by atoms with van der Waals surface area (Å²) in [4.78, 5) is 26.2. The van der Waals surface area contributed by atoms with E-state index in [2.05, 4.69) is 18.3 Å². The van der Waals surface area contributed by atoms with Crippen LogP contribution in [0.5, 0.6) is 0 Å². The van der Waals surface area contributed by atoms with Crippen LogP contribution >= 0.6 is 0 Å². The van der Waals surface area contributed by atoms with E-state index in [0.717, 1.165) is 19.3 Å². The van der Waals surface area contributed by atoms with E-state index in [0.29, 0.717) is 30.0 Å². The van der Waals surface area contributed by atoms with E-state index in [1.807, 2.05) is 0 Å². The molecule has 0 bridgehead atoms. The Morgan fingerprint density at radius 1 is 1.50 bits per heavy atom. The molecule has 6 heteroatoms. The second-order valence-corrected chi connectivity index (χ2v) is 6.37. The van der Waals surface area contributed by atoms with Crippen molar-refractivity contribution in [2.24, 2.45) is 5.92 Å². The molecule has 0 aromatic heterocycles. The van der Waals surface area contributed by atoms with Crippen molar-refractivity contribution in [2.75, 3.05) is 23.4 Å². The average molecular weight is 327 g/mol. The first-order valence-electron chi connectivity index (χ1n) is 8.36. The lowest BCUT2D eigenvalue weighted by atomic mass is 9.91. The number of rotatable bonds is 3. The first-order chi connectivity index (χ1) is 11.6. The molecule has 1 fully saturated rings. The number of hydrogen-bond donors (Lipinski definition) is 1. The molecule has 126 valence electrons. The fourth-order valence-electron chi connectivity index (χ4n) is 3.36. The van der Waals surface area contributed by atoms with Crippen LogP contribution in [0.3, 0.4) is 0 Å². The molecule has 0 saturated carbocycles. The molecule has 2 aliphatic rings. The molecule has 0 spiro atoms. The van der Waals surface area contributed by atoms with E-state index in [4.69, 9.17) is 10.00 Å². The number of anilines is 2. The Kier molecular flexibility index (Phi) is 4.81. The van der Waals surface area contributed by atoms with Crippen LogP contribution in [0.2, 0.25) is 0 Å². The van der Waals surface area contributed by atoms with Crippen LogP contribution in [-0.2, 0) is 14.3 Å². The van der Waals surface area contributed by atoms with Crippen molar-refractivity contribution in [3.8, 4) is 6.07 Å². The fourth-order valence-corrected chi connectivity index (χ4v) is 3.36. The molecule has 2 unspecified atom stereocenters. The van der Waals surface area contributed by atoms with E-state index >= 15 is 0 Å². The smallest absolute Gasteiger partial charge is 0.244 e. The minimum Gasteiger partial charge on any atom is -0.378 e. The maximum absolute atomic E-state index is 12.8. The van der Waals surface area contributed by atoms with Gasteiger partial charge in [0.25, 0.3) is 0 Å². The Morgan fingerprint density at radius 3 is 3.08 bits per heavy atom. The lowest BCUT2D eigenvalue weighted by Gasteiger charge is -2.33. The largest absolute Gasteiger partial charge is 0.378 e. The van der Waals surface area contributed by atoms with Crippen molar-refractivity contribution in [3.05, 3.63) is 23.8 Å². The van der Waals surface area contributed by atoms with Gasteiger partial charge in [-0.25, -0.2) is 0 Å². The highest BCUT2D eigenvalue weighted by Crippen LogP contribution is 2.32. The van der Waals surface area contributed by atoms with Crippen LogP contribution in [-0.4, -0.2) is 31.1 Å². The third-order valence-corrected chi connectivity index (χ3v) is 4.69. The number of nitrogens with one attached hydrogen (secondary N) is 1. The van der Waals surface area contributed by atoms with Crippen LogP contribution in [0.4, 0.5) is 11.4 Å². The summed E-state index contributed by atoms with van der Waals surface area (Å²) in [5.41, 5.74) is 1.66. The van der Waals surface area contributed by atoms with Gasteiger partial charge < -0.3 is 15.0 Å². The number of carbonyl (C=O) groups excluding carboxylic acids is 2. The number of amides is 2. The summed E-state index contributed by atoms with van der Waals surface area (Å²) in [5.74, 6) is 0.00528. The molecule has 1 aromatic carbocycles. The van der Waals surface area contributed by atoms with Gasteiger partial charge in [0.05, 0.1) is 29.1 Å². The van der Waals surface area contributed by atoms with Gasteiger partial charge in [0.15, 0.2) is 0 Å². The van der Waals surface area contributed by atoms with Gasteiger partial charge >= 0.3 is 0 Å². The highest BCUT2D eigenvalue weighted by molar-refractivity contribution is 6.10. The molecular formula is C18H21N3O3. The number of ether oxygens (including phenoxy) is 1. The van der Waals surface area contributed by atoms with Crippen LogP contribution in [0.25, 0.3) is 0 Å². The van der Waals surface area contributed by atoms with Crippen molar-refractivity contribution in [2.45, 2.75) is 38.7 Å². The van der Waals surface area contributed by atoms with Gasteiger partial charge in [-0.15, -0.1) is 0 Å². The van der Waals surface area contributed by atoms with Crippen molar-refractivity contribution in [3.63, 3.8) is 0 Å². The molecular weight excluding hydrogens is 306 g/mol. The van der Waals surface area contributed by atoms with Gasteiger partial charge in [-0.05, 0) is 43.4 Å². The minimum absolute atomic E-state index is 0.00113. The van der Waals surface area contributed by atoms with Gasteiger partial charge in [-0.1, -0.05) is 6.92 Å². The summed E-state index contributed by atoms with van der Waals surface area (Å²) in [6.45, 7) is 2.77. The molecule has 0 aliphatic carbocycles. The minimum atomic E-state index is -0.209. The summed E-state index contributed by atoms with van der Waals surface area (Å²) in [6, 6.07) is 7.04. The third kappa shape index (κ3) is 3.41. The zero-order valence-electron chi connectivity index (χ0n) is 13.7. The second-order valence-electron chi connectivity index (χ2n) is 6.37. The predicted molar refractivity (Wildman–Crippen MR) is 89.5 cm³/mol. The molecule has 6 nitrogen and oxygen atoms in total. The molecule has 2 amide bonds. The molecule has 0 radical (unpaired) electrons. The molecule has 1 aromatic rings. The second kappa shape index (κ2) is 7.02. The van der Waals surface area contributed by atoms with Gasteiger partial charge in [0, 0.05) is 13.0 Å². The van der Waals surface area contributed by atoms with Crippen molar-refractivity contribution < 1.29 is 14.3 Å². The lowest BCUT2D eigenvalue weighted by Crippen LogP contribution is -2.43. The SMILES string of the molecule is CCC1CC(CC(=O)N2CC(=O)Nc3ccc(C#N)cc32)CCO1. The molecule has 1 N–H and O–H groups in total. The maximum atomic E-state index is 12.8. The van der Waals surface area contributed by atoms with Gasteiger partial charge in [-0.2, -0.15) is 5.26 Å². The van der Waals surface area contributed by atoms with E-state index in [1.165, 1.54) is 4.90 Å². The number of nitriles is 1. The third-order valence-electron chi connectivity index (χ3n) is 4.69. The summed E-state index contributed by atoms with van der Waals surface area (Å²) in [7, 11) is 0. The van der Waals surface area contributed by atoms with Gasteiger partial charge in [0.2, 0.25) is 11.8 Å². The Morgan fingerprint density at radius 2 is 2.33 bits per heavy atom. The maximum Gasteiger partial charge on any atom is 0.244 e. The van der Waals surface area contributed by atoms with E-state index in [1.54, 1.807) is 18.2 Å². The predicted octanol–water partition coefficient (Wildman–Crippen LogP) is 2.44. The van der Waals surface area contributed by atoms with Gasteiger partial charge in [-0.3, -0.25) is 9.59 Å². The van der Waals surface area contributed by atoms with E-state index in [-0.39, 0.29) is 30.4 Å². The van der Waals surface area contributed by atoms with E-state index < -0.39 is 0 Å². The molecule has 2 atom stereocenters. The molecule has 2 aliphatic heterocycles. The average Bonchev–Trinajstić information content (AvgIpc) is 2.60. The fraction of sp³-hybridized carbons (Fsp3) is 0.500. The Labute approximate surface area is 141 Å². The van der Waals surface area contributed by atoms with Crippen molar-refractivity contribution in [1.29, 1.82) is 5.26 Å². The first-order valence-corrected chi connectivity index (χ1v) is 8.36. The lowest BCUT2D eigenvalue weighted by molar-refractivity contribution is -0.123. The standard InChI is InChI=1S/C18H21N3O3/c1-2-14-7-12(5-6-24-14)9-18(23)21-11-17(22)20-15-4-3-13(10-19)8-16(15)21/h3-4,8,12,14H,2,5-7,9,11H2,1H3,(H,20,22). The molecule has 24 heavy (non-hydrogen) atoms. The number of benzene rings is 1. The van der Waals surface area contributed by atoms with Crippen LogP contribution in [0, 0.1) is 17.2 Å². The van der Waals surface area contributed by atoms with Crippen molar-refractivity contribution >= 4 is 23.2 Å². The summed E-state index contributed by atoms with van der Waals surface area (Å²) in [6.07, 6.45) is 3.33. The zero-order chi connectivity index (χ0) is 17.1. The summed E-state index contributed by atoms with van der Waals surface area (Å²) in [5, 5.41) is 11.8. The summed E-state index contributed by atoms with van der Waals surface area (Å²) >= 11 is 0. The first kappa shape index (κ1) is 16.5. The van der Waals surface area contributed by atoms with Crippen LogP contribution < -0.4 is 10.2 Å².